The van der Waals surface area contributed by atoms with Crippen LogP contribution in [0.2, 0.25) is 0 Å². The largest absolute Gasteiger partial charge is 2.00 e. The third kappa shape index (κ3) is 495. The predicted octanol–water partition coefficient (Wildman–Crippen LogP) is -2.17. The Balaban J connectivity index is -0.0000000800. The average molecular weight is 309 g/mol. The second kappa shape index (κ2) is 4.67. The smallest absolute Gasteiger partial charge is 0.759 e. The molecule has 0 spiro atoms. The molecule has 0 aliphatic carbocycles. The van der Waals surface area contributed by atoms with Gasteiger partial charge in [-0.1, -0.05) is 0 Å². The Bertz CT molecular complexity index is 91.2. The van der Waals surface area contributed by atoms with Crippen molar-refractivity contribution in [3.63, 3.8) is 0 Å². The third-order valence-corrected chi connectivity index (χ3v) is 0. The van der Waals surface area contributed by atoms with Gasteiger partial charge in [0.25, 0.3) is 0 Å². The van der Waals surface area contributed by atoms with Gasteiger partial charge in [-0.25, -0.2) is 0 Å². The van der Waals surface area contributed by atoms with Crippen LogP contribution in [-0.2, 0) is 31.5 Å². The van der Waals surface area contributed by atoms with E-state index < -0.39 is 10.4 Å². The molecule has 0 heterocycles. The van der Waals surface area contributed by atoms with Crippen molar-refractivity contribution in [2.45, 2.75) is 0 Å². The molecular formula is H2O5PtS. The van der Waals surface area contributed by atoms with Crippen molar-refractivity contribution in [2.24, 2.45) is 0 Å². The normalized spacial score (nSPS) is 8.29. The first-order valence-corrected chi connectivity index (χ1v) is 2.00. The van der Waals surface area contributed by atoms with E-state index in [1.54, 1.807) is 0 Å². The van der Waals surface area contributed by atoms with Crippen molar-refractivity contribution >= 4 is 10.4 Å². The topological polar surface area (TPSA) is 112 Å². The van der Waals surface area contributed by atoms with Crippen molar-refractivity contribution < 1.29 is 44.1 Å². The summed E-state index contributed by atoms with van der Waals surface area (Å²) in [5.41, 5.74) is 0. The Kier molecular flexibility index (Phi) is 10.4. The Morgan fingerprint density at radius 2 is 1.14 bits per heavy atom. The maximum atomic E-state index is 8.52. The third-order valence-electron chi connectivity index (χ3n) is 0. The molecule has 0 amide bonds. The van der Waals surface area contributed by atoms with Gasteiger partial charge in [-0.3, -0.25) is 8.42 Å². The summed E-state index contributed by atoms with van der Waals surface area (Å²) in [6.07, 6.45) is 0. The Labute approximate surface area is 54.9 Å². The van der Waals surface area contributed by atoms with Crippen LogP contribution in [0.15, 0.2) is 0 Å². The van der Waals surface area contributed by atoms with Crippen molar-refractivity contribution in [3.8, 4) is 0 Å². The molecule has 0 saturated heterocycles. The zero-order chi connectivity index (χ0) is 4.50. The fourth-order valence-electron chi connectivity index (χ4n) is 0. The van der Waals surface area contributed by atoms with E-state index in [0.29, 0.717) is 0 Å². The molecule has 0 unspecified atom stereocenters. The first-order valence-electron chi connectivity index (χ1n) is 0.667. The second-order valence-corrected chi connectivity index (χ2v) is 1.22. The average Bonchev–Trinajstić information content (AvgIpc) is 0.722. The number of rotatable bonds is 0. The number of hydrogen-bond donors (Lipinski definition) is 0. The van der Waals surface area contributed by atoms with Crippen LogP contribution in [0.3, 0.4) is 0 Å². The molecule has 0 aliphatic rings. The molecule has 0 aliphatic heterocycles. The van der Waals surface area contributed by atoms with Gasteiger partial charge in [0.1, 0.15) is 0 Å². The SMILES string of the molecule is O.O=S(=O)([O-])[O-].[Pt+2]. The molecule has 7 heavy (non-hydrogen) atoms. The van der Waals surface area contributed by atoms with Crippen molar-refractivity contribution in [1.82, 2.24) is 0 Å². The summed E-state index contributed by atoms with van der Waals surface area (Å²) >= 11 is 0. The van der Waals surface area contributed by atoms with E-state index in [4.69, 9.17) is 17.5 Å². The van der Waals surface area contributed by atoms with E-state index in [0.717, 1.165) is 0 Å². The Hall–Kier alpha value is 0.518. The molecule has 0 atom stereocenters. The Morgan fingerprint density at radius 1 is 1.14 bits per heavy atom. The van der Waals surface area contributed by atoms with Crippen LogP contribution in [0.1, 0.15) is 0 Å². The van der Waals surface area contributed by atoms with Crippen molar-refractivity contribution in [1.29, 1.82) is 0 Å². The molecule has 0 fully saturated rings. The van der Waals surface area contributed by atoms with Crippen LogP contribution in [0, 0.1) is 0 Å². The Morgan fingerprint density at radius 3 is 1.14 bits per heavy atom. The summed E-state index contributed by atoms with van der Waals surface area (Å²) in [7, 11) is -5.17. The minimum Gasteiger partial charge on any atom is -0.759 e. The van der Waals surface area contributed by atoms with E-state index in [-0.39, 0.29) is 26.5 Å². The van der Waals surface area contributed by atoms with Crippen molar-refractivity contribution in [2.75, 3.05) is 0 Å². The number of hydrogen-bond acceptors (Lipinski definition) is 4. The van der Waals surface area contributed by atoms with Gasteiger partial charge in [0.05, 0.1) is 0 Å². The molecule has 0 saturated carbocycles. The molecule has 0 aromatic rings. The zero-order valence-electron chi connectivity index (χ0n) is 2.86. The van der Waals surface area contributed by atoms with Gasteiger partial charge in [-0.2, -0.15) is 0 Å². The molecule has 7 heteroatoms. The van der Waals surface area contributed by atoms with Crippen LogP contribution < -0.4 is 0 Å². The van der Waals surface area contributed by atoms with Crippen LogP contribution >= 0.6 is 0 Å². The molecule has 0 rings (SSSR count). The predicted molar refractivity (Wildman–Crippen MR) is 14.1 cm³/mol. The van der Waals surface area contributed by atoms with Gasteiger partial charge >= 0.3 is 21.1 Å². The molecule has 0 radical (unpaired) electrons. The van der Waals surface area contributed by atoms with E-state index >= 15 is 0 Å². The van der Waals surface area contributed by atoms with Crippen LogP contribution in [0.25, 0.3) is 0 Å². The maximum Gasteiger partial charge on any atom is 2.00 e. The standard InChI is InChI=1S/H2O4S.H2O.Pt/c1-5(2,3)4;;/h(H2,1,2,3,4);1H2;/q;;+2/p-2. The molecule has 5 nitrogen and oxygen atoms in total. The molecule has 0 bridgehead atoms. The first kappa shape index (κ1) is 15.6. The van der Waals surface area contributed by atoms with E-state index in [1.165, 1.54) is 0 Å². The van der Waals surface area contributed by atoms with Gasteiger partial charge in [0, 0.05) is 10.4 Å². The van der Waals surface area contributed by atoms with Gasteiger partial charge in [-0.15, -0.1) is 0 Å². The van der Waals surface area contributed by atoms with E-state index in [1.807, 2.05) is 0 Å². The van der Waals surface area contributed by atoms with Gasteiger partial charge in [0.2, 0.25) is 0 Å². The summed E-state index contributed by atoms with van der Waals surface area (Å²) in [5.74, 6) is 0. The fourth-order valence-corrected chi connectivity index (χ4v) is 0. The molecule has 0 aromatic heterocycles. The summed E-state index contributed by atoms with van der Waals surface area (Å²) in [6.45, 7) is 0. The first-order chi connectivity index (χ1) is 2.00. The molecule has 48 valence electrons. The van der Waals surface area contributed by atoms with Crippen LogP contribution in [-0.4, -0.2) is 23.0 Å². The summed E-state index contributed by atoms with van der Waals surface area (Å²) < 4.78 is 34.1. The van der Waals surface area contributed by atoms with Gasteiger partial charge in [0.15, 0.2) is 0 Å². The van der Waals surface area contributed by atoms with Crippen LogP contribution in [0.5, 0.6) is 0 Å². The monoisotopic (exact) mass is 309 g/mol. The van der Waals surface area contributed by atoms with E-state index in [9.17, 15) is 0 Å². The summed E-state index contributed by atoms with van der Waals surface area (Å²) in [4.78, 5) is 0. The molecular weight excluding hydrogens is 307 g/mol. The molecule has 0 aromatic carbocycles. The van der Waals surface area contributed by atoms with Crippen LogP contribution in [0.4, 0.5) is 0 Å². The maximum absolute atomic E-state index is 8.52. The molecule has 2 N–H and O–H groups in total. The van der Waals surface area contributed by atoms with Gasteiger partial charge in [-0.05, 0) is 0 Å². The second-order valence-electron chi connectivity index (χ2n) is 0.408. The quantitative estimate of drug-likeness (QED) is 0.374. The summed E-state index contributed by atoms with van der Waals surface area (Å²) in [5, 5.41) is 0. The minimum atomic E-state index is -5.17. The minimum absolute atomic E-state index is 0. The van der Waals surface area contributed by atoms with E-state index in [2.05, 4.69) is 0 Å². The summed E-state index contributed by atoms with van der Waals surface area (Å²) in [6, 6.07) is 0. The van der Waals surface area contributed by atoms with Crippen molar-refractivity contribution in [3.05, 3.63) is 0 Å². The fraction of sp³-hybridized carbons (Fsp3) is 0. The van der Waals surface area contributed by atoms with Gasteiger partial charge < -0.3 is 14.6 Å². The zero-order valence-corrected chi connectivity index (χ0v) is 5.95.